The van der Waals surface area contributed by atoms with Crippen molar-refractivity contribution in [2.75, 3.05) is 27.9 Å². The molecular formula is C16H25NO5. The lowest BCUT2D eigenvalue weighted by Crippen LogP contribution is -2.32. The van der Waals surface area contributed by atoms with E-state index in [1.54, 1.807) is 7.11 Å². The lowest BCUT2D eigenvalue weighted by atomic mass is 10.0. The number of methoxy groups -OCH3 is 1. The SMILES string of the molecule is COc1ccc(COC[C@@H](C)[C@@H](O)CC(=O)N(C)OC)cc1. The molecule has 124 valence electrons. The Bertz CT molecular complexity index is 448. The van der Waals surface area contributed by atoms with Crippen LogP contribution in [0.15, 0.2) is 24.3 Å². The first kappa shape index (κ1) is 18.4. The molecule has 22 heavy (non-hydrogen) atoms. The summed E-state index contributed by atoms with van der Waals surface area (Å²) in [5.74, 6) is 0.387. The number of benzene rings is 1. The number of amides is 1. The van der Waals surface area contributed by atoms with Crippen molar-refractivity contribution in [1.82, 2.24) is 5.06 Å². The van der Waals surface area contributed by atoms with Gasteiger partial charge in [-0.15, -0.1) is 0 Å². The number of hydroxylamine groups is 2. The largest absolute Gasteiger partial charge is 0.497 e. The van der Waals surface area contributed by atoms with Crippen LogP contribution in [-0.2, 0) is 21.0 Å². The third-order valence-electron chi connectivity index (χ3n) is 3.47. The number of rotatable bonds is 9. The van der Waals surface area contributed by atoms with Gasteiger partial charge in [0, 0.05) is 13.0 Å². The maximum Gasteiger partial charge on any atom is 0.248 e. The van der Waals surface area contributed by atoms with Gasteiger partial charge in [-0.2, -0.15) is 0 Å². The summed E-state index contributed by atoms with van der Waals surface area (Å²) >= 11 is 0. The number of carbonyl (C=O) groups is 1. The van der Waals surface area contributed by atoms with Crippen LogP contribution in [0, 0.1) is 5.92 Å². The van der Waals surface area contributed by atoms with Crippen molar-refractivity contribution in [1.29, 1.82) is 0 Å². The average Bonchev–Trinajstić information content (AvgIpc) is 2.54. The van der Waals surface area contributed by atoms with E-state index in [9.17, 15) is 9.90 Å². The zero-order valence-electron chi connectivity index (χ0n) is 13.6. The van der Waals surface area contributed by atoms with Crippen molar-refractivity contribution in [2.24, 2.45) is 5.92 Å². The van der Waals surface area contributed by atoms with E-state index in [0.29, 0.717) is 13.2 Å². The Hall–Kier alpha value is -1.63. The zero-order chi connectivity index (χ0) is 16.5. The molecule has 6 nitrogen and oxygen atoms in total. The minimum Gasteiger partial charge on any atom is -0.497 e. The molecule has 0 aliphatic rings. The van der Waals surface area contributed by atoms with E-state index < -0.39 is 6.10 Å². The summed E-state index contributed by atoms with van der Waals surface area (Å²) in [6.07, 6.45) is -0.752. The summed E-state index contributed by atoms with van der Waals surface area (Å²) in [5.41, 5.74) is 1.03. The standard InChI is InChI=1S/C16H25NO5/c1-12(15(18)9-16(19)17(2)21-4)10-22-11-13-5-7-14(20-3)8-6-13/h5-8,12,15,18H,9-11H2,1-4H3/t12-,15+/m1/s1. The zero-order valence-corrected chi connectivity index (χ0v) is 13.6. The highest BCUT2D eigenvalue weighted by atomic mass is 16.7. The second kappa shape index (κ2) is 9.40. The predicted molar refractivity (Wildman–Crippen MR) is 82.2 cm³/mol. The van der Waals surface area contributed by atoms with Crippen LogP contribution in [0.25, 0.3) is 0 Å². The van der Waals surface area contributed by atoms with Gasteiger partial charge in [0.25, 0.3) is 0 Å². The molecule has 0 saturated heterocycles. The monoisotopic (exact) mass is 311 g/mol. The van der Waals surface area contributed by atoms with Crippen LogP contribution in [-0.4, -0.2) is 50.1 Å². The van der Waals surface area contributed by atoms with Crippen LogP contribution < -0.4 is 4.74 Å². The van der Waals surface area contributed by atoms with Gasteiger partial charge in [0.2, 0.25) is 5.91 Å². The molecule has 1 N–H and O–H groups in total. The van der Waals surface area contributed by atoms with Crippen LogP contribution in [0.1, 0.15) is 18.9 Å². The van der Waals surface area contributed by atoms with Crippen molar-refractivity contribution in [3.8, 4) is 5.75 Å². The smallest absolute Gasteiger partial charge is 0.248 e. The quantitative estimate of drug-likeness (QED) is 0.702. The highest BCUT2D eigenvalue weighted by Gasteiger charge is 2.20. The summed E-state index contributed by atoms with van der Waals surface area (Å²) in [6.45, 7) is 2.67. The number of ether oxygens (including phenoxy) is 2. The van der Waals surface area contributed by atoms with E-state index in [-0.39, 0.29) is 18.2 Å². The Morgan fingerprint density at radius 2 is 1.91 bits per heavy atom. The van der Waals surface area contributed by atoms with Gasteiger partial charge in [0.15, 0.2) is 0 Å². The third kappa shape index (κ3) is 6.01. The number of aliphatic hydroxyl groups excluding tert-OH is 1. The number of carbonyl (C=O) groups excluding carboxylic acids is 1. The summed E-state index contributed by atoms with van der Waals surface area (Å²) < 4.78 is 10.7. The topological polar surface area (TPSA) is 68.2 Å². The molecule has 0 heterocycles. The van der Waals surface area contributed by atoms with Gasteiger partial charge < -0.3 is 14.6 Å². The first-order valence-corrected chi connectivity index (χ1v) is 7.17. The minimum atomic E-state index is -0.763. The fraction of sp³-hybridized carbons (Fsp3) is 0.562. The fourth-order valence-corrected chi connectivity index (χ4v) is 1.81. The fourth-order valence-electron chi connectivity index (χ4n) is 1.81. The first-order chi connectivity index (χ1) is 10.5. The third-order valence-corrected chi connectivity index (χ3v) is 3.47. The van der Waals surface area contributed by atoms with Gasteiger partial charge in [0.1, 0.15) is 5.75 Å². The molecule has 1 aromatic rings. The number of hydrogen-bond acceptors (Lipinski definition) is 5. The number of hydrogen-bond donors (Lipinski definition) is 1. The second-order valence-electron chi connectivity index (χ2n) is 5.19. The highest BCUT2D eigenvalue weighted by molar-refractivity contribution is 5.75. The molecule has 0 spiro atoms. The molecule has 6 heteroatoms. The van der Waals surface area contributed by atoms with Crippen molar-refractivity contribution >= 4 is 5.91 Å². The van der Waals surface area contributed by atoms with Gasteiger partial charge >= 0.3 is 0 Å². The molecule has 0 unspecified atom stereocenters. The van der Waals surface area contributed by atoms with Crippen LogP contribution >= 0.6 is 0 Å². The van der Waals surface area contributed by atoms with Gasteiger partial charge in [-0.25, -0.2) is 5.06 Å². The molecule has 0 radical (unpaired) electrons. The van der Waals surface area contributed by atoms with E-state index in [1.807, 2.05) is 31.2 Å². The molecule has 0 fully saturated rings. The molecule has 0 aliphatic carbocycles. The Morgan fingerprint density at radius 1 is 1.27 bits per heavy atom. The van der Waals surface area contributed by atoms with Gasteiger partial charge in [0.05, 0.1) is 40.0 Å². The van der Waals surface area contributed by atoms with Crippen molar-refractivity contribution < 1.29 is 24.2 Å². The summed E-state index contributed by atoms with van der Waals surface area (Å²) in [6, 6.07) is 7.60. The molecule has 1 rings (SSSR count). The van der Waals surface area contributed by atoms with Gasteiger partial charge in [-0.05, 0) is 17.7 Å². The molecule has 1 amide bonds. The molecular weight excluding hydrogens is 286 g/mol. The van der Waals surface area contributed by atoms with Crippen molar-refractivity contribution in [3.05, 3.63) is 29.8 Å². The Balaban J connectivity index is 2.32. The Kier molecular flexibility index (Phi) is 7.87. The van der Waals surface area contributed by atoms with E-state index in [4.69, 9.17) is 14.3 Å². The van der Waals surface area contributed by atoms with Crippen LogP contribution in [0.5, 0.6) is 5.75 Å². The Morgan fingerprint density at radius 3 is 2.45 bits per heavy atom. The van der Waals surface area contributed by atoms with Crippen LogP contribution in [0.4, 0.5) is 0 Å². The van der Waals surface area contributed by atoms with E-state index in [2.05, 4.69) is 0 Å². The van der Waals surface area contributed by atoms with Gasteiger partial charge in [-0.3, -0.25) is 9.63 Å². The predicted octanol–water partition coefficient (Wildman–Crippen LogP) is 1.62. The molecule has 1 aromatic carbocycles. The highest BCUT2D eigenvalue weighted by Crippen LogP contribution is 2.14. The molecule has 2 atom stereocenters. The first-order valence-electron chi connectivity index (χ1n) is 7.17. The summed E-state index contributed by atoms with van der Waals surface area (Å²) in [7, 11) is 4.54. The minimum absolute atomic E-state index is 0.0113. The van der Waals surface area contributed by atoms with Crippen molar-refractivity contribution in [3.63, 3.8) is 0 Å². The molecule has 0 aromatic heterocycles. The van der Waals surface area contributed by atoms with Crippen LogP contribution in [0.2, 0.25) is 0 Å². The average molecular weight is 311 g/mol. The summed E-state index contributed by atoms with van der Waals surface area (Å²) in [4.78, 5) is 16.4. The number of aliphatic hydroxyl groups is 1. The maximum absolute atomic E-state index is 11.6. The summed E-state index contributed by atoms with van der Waals surface area (Å²) in [5, 5.41) is 11.1. The van der Waals surface area contributed by atoms with Crippen molar-refractivity contribution in [2.45, 2.75) is 26.1 Å². The normalized spacial score (nSPS) is 13.5. The van der Waals surface area contributed by atoms with Crippen LogP contribution in [0.3, 0.4) is 0 Å². The van der Waals surface area contributed by atoms with Gasteiger partial charge in [-0.1, -0.05) is 19.1 Å². The lowest BCUT2D eigenvalue weighted by Gasteiger charge is -2.21. The molecule has 0 bridgehead atoms. The van der Waals surface area contributed by atoms with E-state index >= 15 is 0 Å². The maximum atomic E-state index is 11.6. The lowest BCUT2D eigenvalue weighted by molar-refractivity contribution is -0.171. The molecule has 0 aliphatic heterocycles. The Labute approximate surface area is 131 Å². The van der Waals surface area contributed by atoms with E-state index in [0.717, 1.165) is 16.4 Å². The number of nitrogens with zero attached hydrogens (tertiary/aromatic N) is 1. The molecule has 0 saturated carbocycles. The van der Waals surface area contributed by atoms with E-state index in [1.165, 1.54) is 14.2 Å². The second-order valence-corrected chi connectivity index (χ2v) is 5.19.